The fraction of sp³-hybridized carbons (Fsp3) is 1.00. The second-order valence-electron chi connectivity index (χ2n) is 6.46. The molecule has 4 nitrogen and oxygen atoms in total. The van der Waals surface area contributed by atoms with E-state index in [2.05, 4.69) is 24.2 Å². The third-order valence-electron chi connectivity index (χ3n) is 3.37. The number of aliphatic hydroxyl groups is 1. The van der Waals surface area contributed by atoms with Crippen LogP contribution in [0.3, 0.4) is 0 Å². The molecule has 0 aromatic heterocycles. The molecule has 4 heteroatoms. The predicted molar refractivity (Wildman–Crippen MR) is 74.8 cm³/mol. The van der Waals surface area contributed by atoms with E-state index in [1.807, 2.05) is 13.8 Å². The van der Waals surface area contributed by atoms with Crippen LogP contribution in [0.2, 0.25) is 0 Å². The van der Waals surface area contributed by atoms with Crippen LogP contribution >= 0.6 is 0 Å². The van der Waals surface area contributed by atoms with Crippen molar-refractivity contribution in [1.82, 2.24) is 10.2 Å². The molecule has 0 amide bonds. The first-order valence-corrected chi connectivity index (χ1v) is 7.06. The van der Waals surface area contributed by atoms with Gasteiger partial charge in [0.1, 0.15) is 0 Å². The fourth-order valence-electron chi connectivity index (χ4n) is 2.79. The van der Waals surface area contributed by atoms with Crippen molar-refractivity contribution in [2.24, 2.45) is 5.41 Å². The quantitative estimate of drug-likeness (QED) is 0.640. The Kier molecular flexibility index (Phi) is 6.05. The van der Waals surface area contributed by atoms with Crippen molar-refractivity contribution in [3.05, 3.63) is 0 Å². The molecule has 0 aromatic rings. The third kappa shape index (κ3) is 5.65. The first kappa shape index (κ1) is 15.9. The van der Waals surface area contributed by atoms with Gasteiger partial charge in [0.2, 0.25) is 0 Å². The summed E-state index contributed by atoms with van der Waals surface area (Å²) in [6.45, 7) is 11.4. The Morgan fingerprint density at radius 2 is 2.17 bits per heavy atom. The van der Waals surface area contributed by atoms with E-state index in [9.17, 15) is 5.11 Å². The molecule has 0 aliphatic carbocycles. The van der Waals surface area contributed by atoms with Gasteiger partial charge < -0.3 is 20.1 Å². The maximum Gasteiger partial charge on any atom is 0.0718 e. The van der Waals surface area contributed by atoms with Crippen LogP contribution in [0.5, 0.6) is 0 Å². The molecular weight excluding hydrogens is 228 g/mol. The lowest BCUT2D eigenvalue weighted by Gasteiger charge is -2.35. The highest BCUT2D eigenvalue weighted by Gasteiger charge is 2.36. The molecular formula is C14H30N2O2. The van der Waals surface area contributed by atoms with Crippen LogP contribution in [0.1, 0.15) is 33.6 Å². The maximum atomic E-state index is 9.87. The minimum Gasteiger partial charge on any atom is -0.389 e. The molecule has 0 saturated carbocycles. The van der Waals surface area contributed by atoms with Crippen molar-refractivity contribution in [2.45, 2.75) is 39.2 Å². The van der Waals surface area contributed by atoms with Crippen molar-refractivity contribution in [3.63, 3.8) is 0 Å². The third-order valence-corrected chi connectivity index (χ3v) is 3.37. The molecule has 1 aliphatic rings. The standard InChI is InChI=1S/C14H30N2O2/c1-5-7-15-9-14(6-8-18-12-14)11-16(4)10-13(2,3)17/h15,17H,5-12H2,1-4H3. The van der Waals surface area contributed by atoms with E-state index in [4.69, 9.17) is 4.74 Å². The first-order valence-electron chi connectivity index (χ1n) is 7.06. The number of rotatable bonds is 8. The minimum absolute atomic E-state index is 0.217. The van der Waals surface area contributed by atoms with Crippen LogP contribution in [0, 0.1) is 5.41 Å². The Balaban J connectivity index is 2.46. The van der Waals surface area contributed by atoms with Gasteiger partial charge in [-0.05, 0) is 40.3 Å². The summed E-state index contributed by atoms with van der Waals surface area (Å²) in [6, 6.07) is 0. The molecule has 1 atom stereocenters. The summed E-state index contributed by atoms with van der Waals surface area (Å²) in [5.41, 5.74) is -0.415. The summed E-state index contributed by atoms with van der Waals surface area (Å²) < 4.78 is 5.59. The smallest absolute Gasteiger partial charge is 0.0718 e. The Hall–Kier alpha value is -0.160. The molecule has 1 rings (SSSR count). The highest BCUT2D eigenvalue weighted by molar-refractivity contribution is 4.88. The Bertz CT molecular complexity index is 232. The van der Waals surface area contributed by atoms with Gasteiger partial charge in [0.05, 0.1) is 12.2 Å². The average molecular weight is 258 g/mol. The molecule has 1 saturated heterocycles. The summed E-state index contributed by atoms with van der Waals surface area (Å²) >= 11 is 0. The number of nitrogens with one attached hydrogen (secondary N) is 1. The highest BCUT2D eigenvalue weighted by Crippen LogP contribution is 2.29. The van der Waals surface area contributed by atoms with Crippen molar-refractivity contribution in [3.8, 4) is 0 Å². The number of nitrogens with zero attached hydrogens (tertiary/aromatic N) is 1. The van der Waals surface area contributed by atoms with Gasteiger partial charge in [0.15, 0.2) is 0 Å². The summed E-state index contributed by atoms with van der Waals surface area (Å²) in [5.74, 6) is 0. The van der Waals surface area contributed by atoms with Gasteiger partial charge in [-0.15, -0.1) is 0 Å². The molecule has 0 bridgehead atoms. The van der Waals surface area contributed by atoms with Crippen molar-refractivity contribution < 1.29 is 9.84 Å². The van der Waals surface area contributed by atoms with Crippen molar-refractivity contribution in [2.75, 3.05) is 46.4 Å². The molecule has 1 heterocycles. The van der Waals surface area contributed by atoms with Crippen LogP contribution in [0.15, 0.2) is 0 Å². The van der Waals surface area contributed by atoms with Gasteiger partial charge in [0, 0.05) is 31.7 Å². The van der Waals surface area contributed by atoms with Gasteiger partial charge in [-0.3, -0.25) is 0 Å². The van der Waals surface area contributed by atoms with Crippen molar-refractivity contribution >= 4 is 0 Å². The van der Waals surface area contributed by atoms with E-state index in [0.717, 1.165) is 45.7 Å². The van der Waals surface area contributed by atoms with E-state index < -0.39 is 5.60 Å². The van der Waals surface area contributed by atoms with Gasteiger partial charge in [-0.25, -0.2) is 0 Å². The largest absolute Gasteiger partial charge is 0.389 e. The summed E-state index contributed by atoms with van der Waals surface area (Å²) in [7, 11) is 2.08. The van der Waals surface area contributed by atoms with Crippen molar-refractivity contribution in [1.29, 1.82) is 0 Å². The molecule has 1 fully saturated rings. The molecule has 18 heavy (non-hydrogen) atoms. The van der Waals surface area contributed by atoms with E-state index in [1.54, 1.807) is 0 Å². The number of ether oxygens (including phenoxy) is 1. The van der Waals surface area contributed by atoms with Gasteiger partial charge >= 0.3 is 0 Å². The lowest BCUT2D eigenvalue weighted by molar-refractivity contribution is 0.0274. The van der Waals surface area contributed by atoms with Gasteiger partial charge in [-0.1, -0.05) is 6.92 Å². The Morgan fingerprint density at radius 1 is 1.44 bits per heavy atom. The summed E-state index contributed by atoms with van der Waals surface area (Å²) in [6.07, 6.45) is 2.27. The average Bonchev–Trinajstić information content (AvgIpc) is 2.64. The van der Waals surface area contributed by atoms with Crippen LogP contribution in [0.4, 0.5) is 0 Å². The second kappa shape index (κ2) is 6.85. The summed E-state index contributed by atoms with van der Waals surface area (Å²) in [5, 5.41) is 13.4. The predicted octanol–water partition coefficient (Wildman–Crippen LogP) is 1.10. The molecule has 2 N–H and O–H groups in total. The summed E-state index contributed by atoms with van der Waals surface area (Å²) in [4.78, 5) is 2.22. The van der Waals surface area contributed by atoms with Crippen LogP contribution < -0.4 is 5.32 Å². The zero-order valence-electron chi connectivity index (χ0n) is 12.5. The first-order chi connectivity index (χ1) is 8.37. The number of hydrogen-bond acceptors (Lipinski definition) is 4. The molecule has 0 aromatic carbocycles. The molecule has 1 aliphatic heterocycles. The topological polar surface area (TPSA) is 44.7 Å². The lowest BCUT2D eigenvalue weighted by Crippen LogP contribution is -2.47. The Labute approximate surface area is 112 Å². The number of hydrogen-bond donors (Lipinski definition) is 2. The monoisotopic (exact) mass is 258 g/mol. The zero-order valence-corrected chi connectivity index (χ0v) is 12.5. The molecule has 108 valence electrons. The Morgan fingerprint density at radius 3 is 2.67 bits per heavy atom. The van der Waals surface area contributed by atoms with Gasteiger partial charge in [-0.2, -0.15) is 0 Å². The normalized spacial score (nSPS) is 25.0. The molecule has 0 spiro atoms. The van der Waals surface area contributed by atoms with E-state index in [0.29, 0.717) is 6.54 Å². The van der Waals surface area contributed by atoms with Crippen LogP contribution in [0.25, 0.3) is 0 Å². The highest BCUT2D eigenvalue weighted by atomic mass is 16.5. The second-order valence-corrected chi connectivity index (χ2v) is 6.46. The minimum atomic E-state index is -0.633. The zero-order chi connectivity index (χ0) is 13.6. The van der Waals surface area contributed by atoms with Gasteiger partial charge in [0.25, 0.3) is 0 Å². The fourth-order valence-corrected chi connectivity index (χ4v) is 2.79. The maximum absolute atomic E-state index is 9.87. The van der Waals surface area contributed by atoms with E-state index in [1.165, 1.54) is 0 Å². The number of likely N-dealkylation sites (N-methyl/N-ethyl adjacent to an activating group) is 1. The van der Waals surface area contributed by atoms with Crippen LogP contribution in [-0.2, 0) is 4.74 Å². The molecule has 0 radical (unpaired) electrons. The SMILES string of the molecule is CCCNCC1(CN(C)CC(C)(C)O)CCOC1. The van der Waals surface area contributed by atoms with E-state index >= 15 is 0 Å². The van der Waals surface area contributed by atoms with E-state index in [-0.39, 0.29) is 5.41 Å². The lowest BCUT2D eigenvalue weighted by atomic mass is 9.86. The van der Waals surface area contributed by atoms with Crippen LogP contribution in [-0.4, -0.2) is 62.0 Å². The molecule has 1 unspecified atom stereocenters.